The maximum Gasteiger partial charge on any atom is 0.146 e. The first-order chi connectivity index (χ1) is 7.19. The quantitative estimate of drug-likeness (QED) is 0.748. The van der Waals surface area contributed by atoms with Crippen LogP contribution >= 0.6 is 0 Å². The number of pyridine rings is 1. The van der Waals surface area contributed by atoms with Gasteiger partial charge in [0.25, 0.3) is 0 Å². The number of hydrogen-bond donors (Lipinski definition) is 0. The number of nitrogens with zero attached hydrogens (tertiary/aromatic N) is 3. The molecule has 0 unspecified atom stereocenters. The van der Waals surface area contributed by atoms with Gasteiger partial charge in [0.05, 0.1) is 6.10 Å². The van der Waals surface area contributed by atoms with Gasteiger partial charge in [0, 0.05) is 26.2 Å². The Morgan fingerprint density at radius 2 is 2.20 bits per heavy atom. The molecular weight excluding hydrogens is 190 g/mol. The molecule has 0 aliphatic heterocycles. The number of ether oxygens (including phenoxy) is 1. The van der Waals surface area contributed by atoms with Gasteiger partial charge in [-0.15, -0.1) is 0 Å². The van der Waals surface area contributed by atoms with Crippen LogP contribution in [0.25, 0.3) is 0 Å². The third-order valence-corrected chi connectivity index (χ3v) is 2.19. The van der Waals surface area contributed by atoms with Crippen molar-refractivity contribution in [2.75, 3.05) is 19.0 Å². The molecule has 0 radical (unpaired) electrons. The fourth-order valence-corrected chi connectivity index (χ4v) is 1.22. The molecule has 0 aromatic carbocycles. The molecule has 1 fully saturated rings. The molecular formula is C11H13N3O. The average molecular weight is 203 g/mol. The van der Waals surface area contributed by atoms with Crippen LogP contribution < -0.4 is 9.64 Å². The highest BCUT2D eigenvalue weighted by atomic mass is 16.5. The second kappa shape index (κ2) is 3.77. The molecule has 1 aromatic heterocycles. The van der Waals surface area contributed by atoms with Gasteiger partial charge in [-0.2, -0.15) is 5.26 Å². The van der Waals surface area contributed by atoms with Crippen molar-refractivity contribution >= 4 is 5.82 Å². The van der Waals surface area contributed by atoms with Crippen LogP contribution in [0.15, 0.2) is 12.1 Å². The predicted molar refractivity (Wildman–Crippen MR) is 56.9 cm³/mol. The molecule has 0 spiro atoms. The molecule has 78 valence electrons. The first-order valence-corrected chi connectivity index (χ1v) is 4.95. The zero-order chi connectivity index (χ0) is 10.8. The van der Waals surface area contributed by atoms with Gasteiger partial charge in [-0.3, -0.25) is 0 Å². The second-order valence-corrected chi connectivity index (χ2v) is 3.87. The minimum absolute atomic E-state index is 0.342. The van der Waals surface area contributed by atoms with Crippen LogP contribution in [0.2, 0.25) is 0 Å². The molecule has 2 rings (SSSR count). The van der Waals surface area contributed by atoms with E-state index in [1.54, 1.807) is 6.07 Å². The lowest BCUT2D eigenvalue weighted by molar-refractivity contribution is 0.303. The van der Waals surface area contributed by atoms with E-state index in [1.807, 2.05) is 31.1 Å². The number of nitriles is 1. The van der Waals surface area contributed by atoms with Crippen molar-refractivity contribution in [2.24, 2.45) is 0 Å². The van der Waals surface area contributed by atoms with E-state index in [0.29, 0.717) is 11.8 Å². The van der Waals surface area contributed by atoms with E-state index in [1.165, 1.54) is 0 Å². The van der Waals surface area contributed by atoms with Crippen LogP contribution in [-0.2, 0) is 0 Å². The van der Waals surface area contributed by atoms with Crippen LogP contribution in [0.4, 0.5) is 5.82 Å². The molecule has 0 atom stereocenters. The smallest absolute Gasteiger partial charge is 0.146 e. The van der Waals surface area contributed by atoms with E-state index in [0.717, 1.165) is 24.4 Å². The SMILES string of the molecule is CN(C)c1cc(OC2CC2)cc(C#N)n1. The summed E-state index contributed by atoms with van der Waals surface area (Å²) in [5, 5.41) is 8.83. The fourth-order valence-electron chi connectivity index (χ4n) is 1.22. The third kappa shape index (κ3) is 2.38. The van der Waals surface area contributed by atoms with Gasteiger partial charge in [-0.25, -0.2) is 4.98 Å². The van der Waals surface area contributed by atoms with E-state index in [2.05, 4.69) is 4.98 Å². The molecule has 1 aliphatic carbocycles. The summed E-state index contributed by atoms with van der Waals surface area (Å²) in [5.74, 6) is 1.50. The minimum Gasteiger partial charge on any atom is -0.490 e. The molecule has 0 bridgehead atoms. The lowest BCUT2D eigenvalue weighted by Crippen LogP contribution is -2.11. The highest BCUT2D eigenvalue weighted by Gasteiger charge is 2.24. The maximum atomic E-state index is 8.83. The highest BCUT2D eigenvalue weighted by molar-refractivity contribution is 5.46. The summed E-state index contributed by atoms with van der Waals surface area (Å²) < 4.78 is 5.64. The first-order valence-electron chi connectivity index (χ1n) is 4.95. The van der Waals surface area contributed by atoms with Gasteiger partial charge in [0.2, 0.25) is 0 Å². The molecule has 4 nitrogen and oxygen atoms in total. The van der Waals surface area contributed by atoms with Gasteiger partial charge >= 0.3 is 0 Å². The van der Waals surface area contributed by atoms with Crippen molar-refractivity contribution in [2.45, 2.75) is 18.9 Å². The topological polar surface area (TPSA) is 49.1 Å². The normalized spacial score (nSPS) is 14.5. The van der Waals surface area contributed by atoms with Crippen LogP contribution in [0.3, 0.4) is 0 Å². The average Bonchev–Trinajstić information content (AvgIpc) is 3.01. The van der Waals surface area contributed by atoms with Crippen molar-refractivity contribution < 1.29 is 4.74 Å². The molecule has 0 N–H and O–H groups in total. The molecule has 0 amide bonds. The van der Waals surface area contributed by atoms with Crippen LogP contribution in [0.5, 0.6) is 5.75 Å². The fraction of sp³-hybridized carbons (Fsp3) is 0.455. The minimum atomic E-state index is 0.342. The Bertz CT molecular complexity index is 405. The zero-order valence-corrected chi connectivity index (χ0v) is 8.90. The number of rotatable bonds is 3. The summed E-state index contributed by atoms with van der Waals surface area (Å²) in [4.78, 5) is 6.03. The van der Waals surface area contributed by atoms with Crippen LogP contribution in [0.1, 0.15) is 18.5 Å². The van der Waals surface area contributed by atoms with Crippen LogP contribution in [-0.4, -0.2) is 25.2 Å². The third-order valence-electron chi connectivity index (χ3n) is 2.19. The van der Waals surface area contributed by atoms with Gasteiger partial charge in [-0.05, 0) is 12.8 Å². The zero-order valence-electron chi connectivity index (χ0n) is 8.90. The molecule has 1 heterocycles. The van der Waals surface area contributed by atoms with E-state index >= 15 is 0 Å². The summed E-state index contributed by atoms with van der Waals surface area (Å²) in [5.41, 5.74) is 0.400. The summed E-state index contributed by atoms with van der Waals surface area (Å²) in [6.07, 6.45) is 2.57. The lowest BCUT2D eigenvalue weighted by Gasteiger charge is -2.13. The monoisotopic (exact) mass is 203 g/mol. The van der Waals surface area contributed by atoms with E-state index in [4.69, 9.17) is 10.00 Å². The van der Waals surface area contributed by atoms with Crippen molar-refractivity contribution in [1.82, 2.24) is 4.98 Å². The number of hydrogen-bond acceptors (Lipinski definition) is 4. The Hall–Kier alpha value is -1.76. The van der Waals surface area contributed by atoms with Gasteiger partial charge in [-0.1, -0.05) is 0 Å². The molecule has 4 heteroatoms. The highest BCUT2D eigenvalue weighted by Crippen LogP contribution is 2.28. The number of aromatic nitrogens is 1. The van der Waals surface area contributed by atoms with E-state index < -0.39 is 0 Å². The Labute approximate surface area is 89.1 Å². The van der Waals surface area contributed by atoms with Crippen molar-refractivity contribution in [3.05, 3.63) is 17.8 Å². The molecule has 1 aliphatic rings. The maximum absolute atomic E-state index is 8.83. The van der Waals surface area contributed by atoms with Crippen molar-refractivity contribution in [3.63, 3.8) is 0 Å². The van der Waals surface area contributed by atoms with E-state index in [9.17, 15) is 0 Å². The first kappa shape index (κ1) is 9.78. The molecule has 1 saturated carbocycles. The summed E-state index contributed by atoms with van der Waals surface area (Å²) in [6.45, 7) is 0. The van der Waals surface area contributed by atoms with Crippen molar-refractivity contribution in [3.8, 4) is 11.8 Å². The van der Waals surface area contributed by atoms with Gasteiger partial charge in [0.1, 0.15) is 23.3 Å². The largest absolute Gasteiger partial charge is 0.490 e. The predicted octanol–water partition coefficient (Wildman–Crippen LogP) is 1.56. The van der Waals surface area contributed by atoms with E-state index in [-0.39, 0.29) is 0 Å². The summed E-state index contributed by atoms with van der Waals surface area (Å²) >= 11 is 0. The number of anilines is 1. The molecule has 1 aromatic rings. The Kier molecular flexibility index (Phi) is 2.46. The van der Waals surface area contributed by atoms with Crippen LogP contribution in [0, 0.1) is 11.3 Å². The Balaban J connectivity index is 2.28. The summed E-state index contributed by atoms with van der Waals surface area (Å²) in [7, 11) is 3.79. The Morgan fingerprint density at radius 1 is 1.47 bits per heavy atom. The van der Waals surface area contributed by atoms with Gasteiger partial charge < -0.3 is 9.64 Å². The Morgan fingerprint density at radius 3 is 2.73 bits per heavy atom. The standard InChI is InChI=1S/C11H13N3O/c1-14(2)11-6-10(15-9-3-4-9)5-8(7-12)13-11/h5-6,9H,3-4H2,1-2H3. The summed E-state index contributed by atoms with van der Waals surface area (Å²) in [6, 6.07) is 5.58. The molecule has 0 saturated heterocycles. The van der Waals surface area contributed by atoms with Gasteiger partial charge in [0.15, 0.2) is 0 Å². The molecule has 15 heavy (non-hydrogen) atoms. The lowest BCUT2D eigenvalue weighted by atomic mass is 10.3. The second-order valence-electron chi connectivity index (χ2n) is 3.87. The van der Waals surface area contributed by atoms with Crippen molar-refractivity contribution in [1.29, 1.82) is 5.26 Å².